The number of fused-ring (bicyclic) bond motifs is 1. The monoisotopic (exact) mass is 245 g/mol. The second kappa shape index (κ2) is 4.44. The highest BCUT2D eigenvalue weighted by atomic mass is 16.5. The summed E-state index contributed by atoms with van der Waals surface area (Å²) in [5, 5.41) is 0. The van der Waals surface area contributed by atoms with Gasteiger partial charge in [-0.05, 0) is 30.2 Å². The highest BCUT2D eigenvalue weighted by Crippen LogP contribution is 2.26. The van der Waals surface area contributed by atoms with E-state index in [-0.39, 0.29) is 18.2 Å². The van der Waals surface area contributed by atoms with Gasteiger partial charge in [-0.1, -0.05) is 0 Å². The summed E-state index contributed by atoms with van der Waals surface area (Å²) in [5.41, 5.74) is 1.75. The minimum Gasteiger partial charge on any atom is -0.493 e. The maximum atomic E-state index is 12.3. The first-order valence-corrected chi connectivity index (χ1v) is 6.31. The van der Waals surface area contributed by atoms with Crippen LogP contribution in [0.15, 0.2) is 18.2 Å². The van der Waals surface area contributed by atoms with Crippen molar-refractivity contribution < 1.29 is 14.3 Å². The van der Waals surface area contributed by atoms with Crippen molar-refractivity contribution in [3.05, 3.63) is 29.3 Å². The smallest absolute Gasteiger partial charge is 0.254 e. The van der Waals surface area contributed by atoms with Crippen molar-refractivity contribution in [2.24, 2.45) is 0 Å². The summed E-state index contributed by atoms with van der Waals surface area (Å²) >= 11 is 0. The molecule has 0 spiro atoms. The van der Waals surface area contributed by atoms with Crippen molar-refractivity contribution in [3.8, 4) is 5.75 Å². The third-order valence-corrected chi connectivity index (χ3v) is 3.47. The van der Waals surface area contributed by atoms with Crippen LogP contribution in [-0.4, -0.2) is 36.3 Å². The van der Waals surface area contributed by atoms with E-state index in [1.165, 1.54) is 0 Å². The van der Waals surface area contributed by atoms with E-state index in [1.54, 1.807) is 11.0 Å². The zero-order valence-corrected chi connectivity index (χ0v) is 10.1. The number of carbonyl (C=O) groups is 2. The number of rotatable bonds is 1. The number of benzene rings is 1. The van der Waals surface area contributed by atoms with Gasteiger partial charge in [0.25, 0.3) is 5.91 Å². The molecule has 4 heteroatoms. The minimum absolute atomic E-state index is 0.0437. The van der Waals surface area contributed by atoms with Crippen LogP contribution in [0.4, 0.5) is 0 Å². The van der Waals surface area contributed by atoms with Crippen LogP contribution in [0.25, 0.3) is 0 Å². The van der Waals surface area contributed by atoms with Crippen molar-refractivity contribution in [1.29, 1.82) is 0 Å². The Bertz CT molecular complexity index is 510. The van der Waals surface area contributed by atoms with Gasteiger partial charge in [-0.3, -0.25) is 9.59 Å². The second-order valence-electron chi connectivity index (χ2n) is 4.79. The average Bonchev–Trinajstić information content (AvgIpc) is 2.85. The molecule has 1 aromatic carbocycles. The minimum atomic E-state index is -0.0437. The average molecular weight is 245 g/mol. The number of likely N-dealkylation sites (tertiary alicyclic amines) is 1. The lowest BCUT2D eigenvalue weighted by Gasteiger charge is -2.25. The first-order chi connectivity index (χ1) is 8.74. The molecular weight excluding hydrogens is 230 g/mol. The Balaban J connectivity index is 1.81. The van der Waals surface area contributed by atoms with Crippen molar-refractivity contribution in [2.45, 2.75) is 19.3 Å². The van der Waals surface area contributed by atoms with E-state index < -0.39 is 0 Å². The number of ether oxygens (including phenoxy) is 1. The summed E-state index contributed by atoms with van der Waals surface area (Å²) in [6.07, 6.45) is 2.23. The van der Waals surface area contributed by atoms with Crippen LogP contribution in [-0.2, 0) is 11.2 Å². The van der Waals surface area contributed by atoms with Crippen LogP contribution in [0.1, 0.15) is 28.8 Å². The van der Waals surface area contributed by atoms with Gasteiger partial charge in [-0.25, -0.2) is 0 Å². The lowest BCUT2D eigenvalue weighted by atomic mass is 10.1. The van der Waals surface area contributed by atoms with E-state index in [0.29, 0.717) is 25.1 Å². The largest absolute Gasteiger partial charge is 0.493 e. The number of hydrogen-bond donors (Lipinski definition) is 0. The molecule has 1 fully saturated rings. The fourth-order valence-corrected chi connectivity index (χ4v) is 2.51. The first-order valence-electron chi connectivity index (χ1n) is 6.31. The molecule has 0 aromatic heterocycles. The molecule has 18 heavy (non-hydrogen) atoms. The van der Waals surface area contributed by atoms with Gasteiger partial charge in [0.2, 0.25) is 0 Å². The number of nitrogens with zero attached hydrogens (tertiary/aromatic N) is 1. The van der Waals surface area contributed by atoms with Crippen LogP contribution in [0, 0.1) is 0 Å². The van der Waals surface area contributed by atoms with E-state index in [1.807, 2.05) is 12.1 Å². The van der Waals surface area contributed by atoms with E-state index in [0.717, 1.165) is 24.2 Å². The molecule has 0 aliphatic carbocycles. The second-order valence-corrected chi connectivity index (χ2v) is 4.79. The fourth-order valence-electron chi connectivity index (χ4n) is 2.51. The maximum absolute atomic E-state index is 12.3. The molecule has 4 nitrogen and oxygen atoms in total. The normalized spacial score (nSPS) is 18.4. The molecule has 2 heterocycles. The standard InChI is InChI=1S/C14H15NO3/c16-12-2-1-6-15(9-12)14(17)11-3-4-13-10(8-11)5-7-18-13/h3-4,8H,1-2,5-7,9H2. The van der Waals surface area contributed by atoms with E-state index in [9.17, 15) is 9.59 Å². The number of hydrogen-bond acceptors (Lipinski definition) is 3. The first kappa shape index (κ1) is 11.3. The van der Waals surface area contributed by atoms with E-state index in [4.69, 9.17) is 4.74 Å². The van der Waals surface area contributed by atoms with Crippen molar-refractivity contribution in [2.75, 3.05) is 19.7 Å². The molecule has 0 radical (unpaired) electrons. The molecule has 0 bridgehead atoms. The predicted octanol–water partition coefficient (Wildman–Crippen LogP) is 1.43. The van der Waals surface area contributed by atoms with Gasteiger partial charge in [-0.15, -0.1) is 0 Å². The van der Waals surface area contributed by atoms with Gasteiger partial charge in [-0.2, -0.15) is 0 Å². The Hall–Kier alpha value is -1.84. The third-order valence-electron chi connectivity index (χ3n) is 3.47. The van der Waals surface area contributed by atoms with Gasteiger partial charge >= 0.3 is 0 Å². The van der Waals surface area contributed by atoms with Crippen molar-refractivity contribution in [3.63, 3.8) is 0 Å². The van der Waals surface area contributed by atoms with Crippen LogP contribution in [0.3, 0.4) is 0 Å². The lowest BCUT2D eigenvalue weighted by Crippen LogP contribution is -2.40. The summed E-state index contributed by atoms with van der Waals surface area (Å²) in [7, 11) is 0. The molecule has 0 saturated carbocycles. The van der Waals surface area contributed by atoms with Gasteiger partial charge in [0, 0.05) is 24.9 Å². The Labute approximate surface area is 106 Å². The number of amides is 1. The Morgan fingerprint density at radius 2 is 2.17 bits per heavy atom. The summed E-state index contributed by atoms with van der Waals surface area (Å²) in [4.78, 5) is 25.3. The molecule has 1 amide bonds. The van der Waals surface area contributed by atoms with Crippen molar-refractivity contribution in [1.82, 2.24) is 4.90 Å². The fraction of sp³-hybridized carbons (Fsp3) is 0.429. The lowest BCUT2D eigenvalue weighted by molar-refractivity contribution is -0.121. The molecule has 3 rings (SSSR count). The molecule has 0 N–H and O–H groups in total. The molecule has 2 aliphatic heterocycles. The highest BCUT2D eigenvalue weighted by Gasteiger charge is 2.23. The molecule has 0 atom stereocenters. The maximum Gasteiger partial charge on any atom is 0.254 e. The van der Waals surface area contributed by atoms with Crippen molar-refractivity contribution >= 4 is 11.7 Å². The number of piperidine rings is 1. The molecule has 2 aliphatic rings. The van der Waals surface area contributed by atoms with E-state index >= 15 is 0 Å². The molecular formula is C14H15NO3. The SMILES string of the molecule is O=C1CCCN(C(=O)c2ccc3c(c2)CCO3)C1. The van der Waals surface area contributed by atoms with Gasteiger partial charge in [0.05, 0.1) is 13.2 Å². The zero-order valence-electron chi connectivity index (χ0n) is 10.1. The van der Waals surface area contributed by atoms with Crippen LogP contribution >= 0.6 is 0 Å². The summed E-state index contributed by atoms with van der Waals surface area (Å²) in [6.45, 7) is 1.62. The Morgan fingerprint density at radius 3 is 3.00 bits per heavy atom. The van der Waals surface area contributed by atoms with Gasteiger partial charge in [0.1, 0.15) is 5.75 Å². The molecule has 94 valence electrons. The summed E-state index contributed by atoms with van der Waals surface area (Å²) in [5.74, 6) is 0.984. The van der Waals surface area contributed by atoms with Crippen LogP contribution < -0.4 is 4.74 Å². The molecule has 1 saturated heterocycles. The Morgan fingerprint density at radius 1 is 1.28 bits per heavy atom. The Kier molecular flexibility index (Phi) is 2.78. The quantitative estimate of drug-likeness (QED) is 0.752. The topological polar surface area (TPSA) is 46.6 Å². The number of carbonyl (C=O) groups excluding carboxylic acids is 2. The van der Waals surface area contributed by atoms with E-state index in [2.05, 4.69) is 0 Å². The summed E-state index contributed by atoms with van der Waals surface area (Å²) < 4.78 is 5.42. The highest BCUT2D eigenvalue weighted by molar-refractivity contribution is 5.97. The van der Waals surface area contributed by atoms with Gasteiger partial charge in [0.15, 0.2) is 5.78 Å². The zero-order chi connectivity index (χ0) is 12.5. The van der Waals surface area contributed by atoms with Gasteiger partial charge < -0.3 is 9.64 Å². The molecule has 1 aromatic rings. The summed E-state index contributed by atoms with van der Waals surface area (Å²) in [6, 6.07) is 5.52. The predicted molar refractivity (Wildman–Crippen MR) is 65.8 cm³/mol. The molecule has 0 unspecified atom stereocenters. The third kappa shape index (κ3) is 1.98. The van der Waals surface area contributed by atoms with Crippen LogP contribution in [0.2, 0.25) is 0 Å². The van der Waals surface area contributed by atoms with Crippen LogP contribution in [0.5, 0.6) is 5.75 Å². The number of Topliss-reactive ketones (excluding diaryl/α,β-unsaturated/α-hetero) is 1. The number of ketones is 1.